The number of fused-ring (bicyclic) bond motifs is 3. The first-order valence-corrected chi connectivity index (χ1v) is 17.6. The van der Waals surface area contributed by atoms with Crippen LogP contribution in [0.2, 0.25) is 0 Å². The Bertz CT molecular complexity index is 2200. The van der Waals surface area contributed by atoms with Crippen molar-refractivity contribution in [1.29, 1.82) is 5.26 Å². The van der Waals surface area contributed by atoms with Gasteiger partial charge in [0.1, 0.15) is 23.3 Å². The molecule has 3 unspecified atom stereocenters. The number of aromatic nitrogens is 3. The second-order valence-corrected chi connectivity index (χ2v) is 13.4. The van der Waals surface area contributed by atoms with Gasteiger partial charge in [0.05, 0.1) is 31.3 Å². The molecule has 0 spiro atoms. The number of nitriles is 1. The molecule has 0 radical (unpaired) electrons. The topological polar surface area (TPSA) is 119 Å². The molecule has 3 aliphatic heterocycles. The van der Waals surface area contributed by atoms with Crippen LogP contribution in [0.5, 0.6) is 11.8 Å². The van der Waals surface area contributed by atoms with E-state index >= 15 is 4.39 Å². The van der Waals surface area contributed by atoms with E-state index in [2.05, 4.69) is 25.9 Å². The highest BCUT2D eigenvalue weighted by Crippen LogP contribution is 2.38. The first-order valence-electron chi connectivity index (χ1n) is 17.6. The maximum absolute atomic E-state index is 16.3. The van der Waals surface area contributed by atoms with Crippen LogP contribution < -0.4 is 9.64 Å². The predicted molar refractivity (Wildman–Crippen MR) is 196 cm³/mol. The van der Waals surface area contributed by atoms with Gasteiger partial charge >= 0.3 is 6.01 Å². The SMILES string of the molecule is COc1nc(N2CCN(C(=O)/C(F)=C/c3ccccn3)C(CC#N)C2)c2ccc(-c3cc(O)cc4ccccc34)c(F)c2n1.FC1CC2CCCN2C1. The number of aromatic hydroxyl groups is 1. The molecule has 0 aliphatic carbocycles. The molecule has 10 nitrogen and oxygen atoms in total. The van der Waals surface area contributed by atoms with E-state index in [1.807, 2.05) is 29.2 Å². The Kier molecular flexibility index (Phi) is 10.4. The Morgan fingerprint density at radius 1 is 1.04 bits per heavy atom. The highest BCUT2D eigenvalue weighted by molar-refractivity contribution is 6.01. The predicted octanol–water partition coefficient (Wildman–Crippen LogP) is 6.83. The minimum Gasteiger partial charge on any atom is -0.508 e. The van der Waals surface area contributed by atoms with Crippen molar-refractivity contribution < 1.29 is 27.8 Å². The molecular formula is C40H38F3N7O3. The summed E-state index contributed by atoms with van der Waals surface area (Å²) in [7, 11) is 1.38. The van der Waals surface area contributed by atoms with Crippen molar-refractivity contribution in [3.8, 4) is 29.0 Å². The summed E-state index contributed by atoms with van der Waals surface area (Å²) in [4.78, 5) is 31.4. The number of benzene rings is 3. The van der Waals surface area contributed by atoms with Crippen molar-refractivity contribution in [3.05, 3.63) is 90.3 Å². The van der Waals surface area contributed by atoms with Crippen molar-refractivity contribution in [2.45, 2.75) is 43.9 Å². The van der Waals surface area contributed by atoms with Gasteiger partial charge < -0.3 is 19.6 Å². The largest absolute Gasteiger partial charge is 0.508 e. The van der Waals surface area contributed by atoms with E-state index in [0.29, 0.717) is 35.0 Å². The van der Waals surface area contributed by atoms with Crippen molar-refractivity contribution in [2.24, 2.45) is 0 Å². The zero-order valence-electron chi connectivity index (χ0n) is 29.1. The second-order valence-electron chi connectivity index (χ2n) is 13.4. The average molecular weight is 722 g/mol. The van der Waals surface area contributed by atoms with E-state index in [9.17, 15) is 23.9 Å². The number of phenolic OH excluding ortho intramolecular Hbond substituents is 1. The fourth-order valence-electron chi connectivity index (χ4n) is 7.60. The van der Waals surface area contributed by atoms with Crippen LogP contribution in [-0.2, 0) is 4.79 Å². The number of nitrogens with zero attached hydrogens (tertiary/aromatic N) is 7. The zero-order valence-corrected chi connectivity index (χ0v) is 29.1. The molecule has 13 heteroatoms. The molecule has 3 saturated heterocycles. The number of amides is 1. The van der Waals surface area contributed by atoms with Crippen LogP contribution in [0.15, 0.2) is 78.8 Å². The first kappa shape index (κ1) is 35.7. The number of carbonyl (C=O) groups excluding carboxylic acids is 1. The molecule has 2 aromatic heterocycles. The number of carbonyl (C=O) groups is 1. The van der Waals surface area contributed by atoms with Gasteiger partial charge in [-0.05, 0) is 72.5 Å². The molecule has 53 heavy (non-hydrogen) atoms. The van der Waals surface area contributed by atoms with Crippen LogP contribution in [0.4, 0.5) is 19.0 Å². The third-order valence-electron chi connectivity index (χ3n) is 10.1. The quantitative estimate of drug-likeness (QED) is 0.188. The number of ether oxygens (including phenoxy) is 1. The molecule has 1 amide bonds. The molecule has 3 aromatic carbocycles. The lowest BCUT2D eigenvalue weighted by atomic mass is 9.96. The van der Waals surface area contributed by atoms with Gasteiger partial charge in [-0.2, -0.15) is 15.2 Å². The smallest absolute Gasteiger partial charge is 0.318 e. The van der Waals surface area contributed by atoms with Gasteiger partial charge in [0, 0.05) is 55.4 Å². The van der Waals surface area contributed by atoms with E-state index in [-0.39, 0.29) is 48.9 Å². The lowest BCUT2D eigenvalue weighted by Crippen LogP contribution is -2.55. The number of methoxy groups -OCH3 is 1. The van der Waals surface area contributed by atoms with Crippen molar-refractivity contribution >= 4 is 39.5 Å². The van der Waals surface area contributed by atoms with Crippen LogP contribution in [0.3, 0.4) is 0 Å². The lowest BCUT2D eigenvalue weighted by molar-refractivity contribution is -0.131. The number of piperazine rings is 1. The summed E-state index contributed by atoms with van der Waals surface area (Å²) in [5, 5.41) is 21.8. The number of hydrogen-bond acceptors (Lipinski definition) is 9. The Morgan fingerprint density at radius 3 is 2.64 bits per heavy atom. The third-order valence-corrected chi connectivity index (χ3v) is 10.1. The van der Waals surface area contributed by atoms with E-state index in [1.165, 1.54) is 37.1 Å². The minimum atomic E-state index is -0.983. The molecule has 5 heterocycles. The summed E-state index contributed by atoms with van der Waals surface area (Å²) in [6, 6.07) is 20.7. The summed E-state index contributed by atoms with van der Waals surface area (Å²) < 4.78 is 49.2. The van der Waals surface area contributed by atoms with E-state index in [4.69, 9.17) is 4.74 Å². The van der Waals surface area contributed by atoms with Gasteiger partial charge in [-0.25, -0.2) is 13.2 Å². The second kappa shape index (κ2) is 15.5. The van der Waals surface area contributed by atoms with Crippen LogP contribution in [0.1, 0.15) is 31.4 Å². The van der Waals surface area contributed by atoms with Crippen LogP contribution in [0.25, 0.3) is 38.9 Å². The molecule has 1 N–H and O–H groups in total. The van der Waals surface area contributed by atoms with Gasteiger partial charge in [-0.3, -0.25) is 14.7 Å². The van der Waals surface area contributed by atoms with Gasteiger partial charge in [0.25, 0.3) is 5.91 Å². The fourth-order valence-corrected chi connectivity index (χ4v) is 7.60. The molecule has 3 atom stereocenters. The molecule has 8 rings (SSSR count). The van der Waals surface area contributed by atoms with Crippen LogP contribution in [0, 0.1) is 17.1 Å². The summed E-state index contributed by atoms with van der Waals surface area (Å²) in [6.07, 6.45) is 5.33. The van der Waals surface area contributed by atoms with Gasteiger partial charge in [-0.1, -0.05) is 36.4 Å². The van der Waals surface area contributed by atoms with Crippen molar-refractivity contribution in [3.63, 3.8) is 0 Å². The Labute approximate surface area is 304 Å². The molecule has 5 aromatic rings. The number of phenols is 1. The van der Waals surface area contributed by atoms with Gasteiger partial charge in [-0.15, -0.1) is 0 Å². The van der Waals surface area contributed by atoms with Crippen molar-refractivity contribution in [1.82, 2.24) is 24.8 Å². The molecule has 3 aliphatic rings. The third kappa shape index (κ3) is 7.45. The molecule has 272 valence electrons. The number of pyridine rings is 1. The van der Waals surface area contributed by atoms with Crippen LogP contribution >= 0.6 is 0 Å². The van der Waals surface area contributed by atoms with E-state index < -0.39 is 29.8 Å². The highest BCUT2D eigenvalue weighted by Gasteiger charge is 2.35. The number of rotatable bonds is 6. The maximum Gasteiger partial charge on any atom is 0.318 e. The maximum atomic E-state index is 16.3. The van der Waals surface area contributed by atoms with E-state index in [0.717, 1.165) is 29.8 Å². The standard InChI is InChI=1S/C33H26F2N6O3.C7H12FN/c1-44-33-38-30-26(10-9-25(29(30)35)27-18-23(42)16-20-6-2-3-8-24(20)27)31(39-33)40-14-15-41(22(19-40)11-12-36)32(43)28(34)17-21-7-4-5-13-37-21;8-6-4-7-2-1-3-9(7)5-6/h2-10,13,16-18,22,42H,11,14-15,19H2,1H3;6-7H,1-5H2/b28-17-;. The number of anilines is 1. The summed E-state index contributed by atoms with van der Waals surface area (Å²) in [5.41, 5.74) is 1.05. The molecule has 0 saturated carbocycles. The summed E-state index contributed by atoms with van der Waals surface area (Å²) >= 11 is 0. The Morgan fingerprint density at radius 2 is 1.87 bits per heavy atom. The average Bonchev–Trinajstić information content (AvgIpc) is 3.76. The number of hydrogen-bond donors (Lipinski definition) is 1. The van der Waals surface area contributed by atoms with Gasteiger partial charge in [0.2, 0.25) is 0 Å². The zero-order chi connectivity index (χ0) is 37.1. The van der Waals surface area contributed by atoms with Crippen molar-refractivity contribution in [2.75, 3.05) is 44.7 Å². The Balaban J connectivity index is 0.000000418. The lowest BCUT2D eigenvalue weighted by Gasteiger charge is -2.41. The first-order chi connectivity index (χ1) is 25.7. The van der Waals surface area contributed by atoms with Gasteiger partial charge in [0.15, 0.2) is 11.6 Å². The normalized spacial score (nSPS) is 20.2. The van der Waals surface area contributed by atoms with E-state index in [1.54, 1.807) is 36.4 Å². The number of alkyl halides is 1. The Hall–Kier alpha value is -5.74. The molecule has 3 fully saturated rings. The monoisotopic (exact) mass is 721 g/mol. The summed E-state index contributed by atoms with van der Waals surface area (Å²) in [5.74, 6) is -2.08. The molecule has 0 bridgehead atoms. The highest BCUT2D eigenvalue weighted by atomic mass is 19.1. The fraction of sp³-hybridized carbons (Fsp3) is 0.325. The van der Waals surface area contributed by atoms with Crippen LogP contribution in [-0.4, -0.2) is 93.9 Å². The number of halogens is 3. The summed E-state index contributed by atoms with van der Waals surface area (Å²) in [6.45, 7) is 2.33. The minimum absolute atomic E-state index is 0.00131. The molecular weight excluding hydrogens is 683 g/mol.